The molecule has 1 atom stereocenters. The predicted molar refractivity (Wildman–Crippen MR) is 110 cm³/mol. The van der Waals surface area contributed by atoms with Crippen molar-refractivity contribution in [1.29, 1.82) is 0 Å². The number of carboxylic acid groups (broad SMARTS) is 1. The van der Waals surface area contributed by atoms with Crippen molar-refractivity contribution in [2.45, 2.75) is 25.9 Å². The van der Waals surface area contributed by atoms with Gasteiger partial charge in [0.15, 0.2) is 5.43 Å². The molecule has 5 nitrogen and oxygen atoms in total. The molecule has 2 heterocycles. The lowest BCUT2D eigenvalue weighted by molar-refractivity contribution is 0.0694. The largest absolute Gasteiger partial charge is 0.477 e. The maximum atomic E-state index is 12.2. The zero-order valence-corrected chi connectivity index (χ0v) is 15.9. The third-order valence-electron chi connectivity index (χ3n) is 5.37. The van der Waals surface area contributed by atoms with Crippen LogP contribution in [0.4, 0.5) is 5.69 Å². The first-order valence-electron chi connectivity index (χ1n) is 9.32. The molecule has 0 amide bonds. The maximum absolute atomic E-state index is 12.2. The molecule has 1 aliphatic rings. The lowest BCUT2D eigenvalue weighted by atomic mass is 9.92. The number of aromatic nitrogens is 1. The summed E-state index contributed by atoms with van der Waals surface area (Å²) in [6.45, 7) is 2.86. The minimum atomic E-state index is -1.18. The summed E-state index contributed by atoms with van der Waals surface area (Å²) in [6, 6.07) is 18.1. The third kappa shape index (κ3) is 3.20. The van der Waals surface area contributed by atoms with Crippen LogP contribution in [0.25, 0.3) is 11.3 Å². The van der Waals surface area contributed by atoms with Crippen molar-refractivity contribution >= 4 is 11.7 Å². The van der Waals surface area contributed by atoms with Crippen LogP contribution in [0.5, 0.6) is 0 Å². The third-order valence-corrected chi connectivity index (χ3v) is 5.37. The van der Waals surface area contributed by atoms with Gasteiger partial charge in [-0.05, 0) is 36.6 Å². The van der Waals surface area contributed by atoms with E-state index >= 15 is 0 Å². The standard InChI is InChI=1S/C23H22N2O3/c1-15-10-17-11-18(24(2)13-16-6-4-3-5-7-16)8-9-19(17)21-12-22(26)20(23(27)28)14-25(15)21/h3-9,11-12,14-15H,10,13H2,1-2H3,(H,27,28). The van der Waals surface area contributed by atoms with Gasteiger partial charge in [0.1, 0.15) is 5.56 Å². The second kappa shape index (κ2) is 7.00. The summed E-state index contributed by atoms with van der Waals surface area (Å²) in [4.78, 5) is 25.7. The summed E-state index contributed by atoms with van der Waals surface area (Å²) in [7, 11) is 2.07. The van der Waals surface area contributed by atoms with Crippen molar-refractivity contribution in [3.05, 3.63) is 87.7 Å². The van der Waals surface area contributed by atoms with Crippen LogP contribution in [0.15, 0.2) is 65.6 Å². The highest BCUT2D eigenvalue weighted by Gasteiger charge is 2.24. The van der Waals surface area contributed by atoms with E-state index in [4.69, 9.17) is 0 Å². The van der Waals surface area contributed by atoms with E-state index in [1.807, 2.05) is 35.8 Å². The van der Waals surface area contributed by atoms with Crippen molar-refractivity contribution < 1.29 is 9.90 Å². The smallest absolute Gasteiger partial charge is 0.341 e. The van der Waals surface area contributed by atoms with Gasteiger partial charge in [-0.25, -0.2) is 4.79 Å². The Morgan fingerprint density at radius 2 is 1.93 bits per heavy atom. The van der Waals surface area contributed by atoms with Gasteiger partial charge in [0.05, 0.1) is 5.69 Å². The van der Waals surface area contributed by atoms with Crippen LogP contribution in [0.3, 0.4) is 0 Å². The van der Waals surface area contributed by atoms with E-state index in [9.17, 15) is 14.7 Å². The minimum Gasteiger partial charge on any atom is -0.477 e. The summed E-state index contributed by atoms with van der Waals surface area (Å²) in [5, 5.41) is 9.25. The lowest BCUT2D eigenvalue weighted by Crippen LogP contribution is -2.24. The normalized spacial score (nSPS) is 14.9. The highest BCUT2D eigenvalue weighted by Crippen LogP contribution is 2.36. The zero-order chi connectivity index (χ0) is 19.8. The Hall–Kier alpha value is -3.34. The molecule has 4 rings (SSSR count). The van der Waals surface area contributed by atoms with Crippen LogP contribution in [-0.4, -0.2) is 22.7 Å². The van der Waals surface area contributed by atoms with Crippen molar-refractivity contribution in [2.75, 3.05) is 11.9 Å². The van der Waals surface area contributed by atoms with Crippen LogP contribution < -0.4 is 10.3 Å². The van der Waals surface area contributed by atoms with E-state index in [0.717, 1.165) is 29.9 Å². The Bertz CT molecular complexity index is 1100. The van der Waals surface area contributed by atoms with Gasteiger partial charge >= 0.3 is 5.97 Å². The number of fused-ring (bicyclic) bond motifs is 3. The van der Waals surface area contributed by atoms with Crippen molar-refractivity contribution in [3.63, 3.8) is 0 Å². The number of hydrogen-bond donors (Lipinski definition) is 1. The Morgan fingerprint density at radius 3 is 2.64 bits per heavy atom. The number of carboxylic acids is 1. The second-order valence-corrected chi connectivity index (χ2v) is 7.39. The van der Waals surface area contributed by atoms with Crippen LogP contribution >= 0.6 is 0 Å². The van der Waals surface area contributed by atoms with E-state index in [0.29, 0.717) is 0 Å². The number of benzene rings is 2. The molecule has 3 aromatic rings. The molecule has 0 aliphatic carbocycles. The first-order chi connectivity index (χ1) is 13.4. The number of rotatable bonds is 4. The molecular weight excluding hydrogens is 352 g/mol. The maximum Gasteiger partial charge on any atom is 0.341 e. The van der Waals surface area contributed by atoms with E-state index in [1.54, 1.807) is 0 Å². The van der Waals surface area contributed by atoms with E-state index < -0.39 is 11.4 Å². The first kappa shape index (κ1) is 18.0. The SMILES string of the molecule is CC1Cc2cc(N(C)Cc3ccccc3)ccc2-c2cc(=O)c(C(=O)O)cn21. The van der Waals surface area contributed by atoms with Crippen molar-refractivity contribution in [2.24, 2.45) is 0 Å². The summed E-state index contributed by atoms with van der Waals surface area (Å²) in [6.07, 6.45) is 2.26. The molecule has 28 heavy (non-hydrogen) atoms. The van der Waals surface area contributed by atoms with Gasteiger partial charge in [-0.1, -0.05) is 36.4 Å². The monoisotopic (exact) mass is 374 g/mol. The molecule has 0 saturated heterocycles. The fourth-order valence-corrected chi connectivity index (χ4v) is 3.89. The quantitative estimate of drug-likeness (QED) is 0.751. The van der Waals surface area contributed by atoms with Crippen LogP contribution in [0, 0.1) is 0 Å². The van der Waals surface area contributed by atoms with Gasteiger partial charge in [0.25, 0.3) is 0 Å². The molecule has 2 aromatic carbocycles. The lowest BCUT2D eigenvalue weighted by Gasteiger charge is -2.30. The number of hydrogen-bond acceptors (Lipinski definition) is 3. The number of nitrogens with zero attached hydrogens (tertiary/aromatic N) is 2. The van der Waals surface area contributed by atoms with E-state index in [1.165, 1.54) is 23.4 Å². The van der Waals surface area contributed by atoms with Crippen molar-refractivity contribution in [3.8, 4) is 11.3 Å². The van der Waals surface area contributed by atoms with Crippen molar-refractivity contribution in [1.82, 2.24) is 4.57 Å². The molecule has 1 aromatic heterocycles. The number of carbonyl (C=O) groups is 1. The molecule has 0 saturated carbocycles. The molecule has 0 spiro atoms. The summed E-state index contributed by atoms with van der Waals surface area (Å²) in [5.41, 5.74) is 4.67. The molecule has 0 bridgehead atoms. The molecule has 1 aliphatic heterocycles. The fourth-order valence-electron chi connectivity index (χ4n) is 3.89. The average Bonchev–Trinajstić information content (AvgIpc) is 2.67. The Morgan fingerprint density at radius 1 is 1.18 bits per heavy atom. The Kier molecular flexibility index (Phi) is 4.51. The van der Waals surface area contributed by atoms with Gasteiger partial charge < -0.3 is 14.6 Å². The summed E-state index contributed by atoms with van der Waals surface area (Å²) >= 11 is 0. The van der Waals surface area contributed by atoms with Crippen LogP contribution in [0.2, 0.25) is 0 Å². The number of pyridine rings is 1. The van der Waals surface area contributed by atoms with E-state index in [2.05, 4.69) is 36.2 Å². The van der Waals surface area contributed by atoms with Gasteiger partial charge in [0, 0.05) is 43.1 Å². The van der Waals surface area contributed by atoms with Gasteiger partial charge in [0.2, 0.25) is 0 Å². The second-order valence-electron chi connectivity index (χ2n) is 7.39. The number of anilines is 1. The molecule has 0 fully saturated rings. The average molecular weight is 374 g/mol. The van der Waals surface area contributed by atoms with Crippen LogP contribution in [-0.2, 0) is 13.0 Å². The van der Waals surface area contributed by atoms with Gasteiger partial charge in [-0.15, -0.1) is 0 Å². The zero-order valence-electron chi connectivity index (χ0n) is 15.9. The molecule has 0 radical (unpaired) electrons. The Balaban J connectivity index is 1.71. The van der Waals surface area contributed by atoms with Gasteiger partial charge in [-0.3, -0.25) is 4.79 Å². The molecule has 1 N–H and O–H groups in total. The minimum absolute atomic E-state index is 0.0795. The summed E-state index contributed by atoms with van der Waals surface area (Å²) < 4.78 is 1.90. The van der Waals surface area contributed by atoms with Gasteiger partial charge in [-0.2, -0.15) is 0 Å². The topological polar surface area (TPSA) is 62.5 Å². The summed E-state index contributed by atoms with van der Waals surface area (Å²) in [5.74, 6) is -1.18. The van der Waals surface area contributed by atoms with Crippen LogP contribution in [0.1, 0.15) is 34.5 Å². The highest BCUT2D eigenvalue weighted by molar-refractivity contribution is 5.87. The molecule has 1 unspecified atom stereocenters. The fraction of sp³-hybridized carbons (Fsp3) is 0.217. The molecule has 142 valence electrons. The first-order valence-corrected chi connectivity index (χ1v) is 9.32. The predicted octanol–water partition coefficient (Wildman–Crippen LogP) is 3.97. The number of aromatic carboxylic acids is 1. The molecular formula is C23H22N2O3. The highest BCUT2D eigenvalue weighted by atomic mass is 16.4. The van der Waals surface area contributed by atoms with E-state index in [-0.39, 0.29) is 11.6 Å². The Labute approximate surface area is 163 Å². The molecule has 5 heteroatoms.